The van der Waals surface area contributed by atoms with Gasteiger partial charge >= 0.3 is 0 Å². The van der Waals surface area contributed by atoms with E-state index >= 15 is 0 Å². The van der Waals surface area contributed by atoms with Gasteiger partial charge in [0.05, 0.1) is 10.7 Å². The summed E-state index contributed by atoms with van der Waals surface area (Å²) in [4.78, 5) is 17.3. The van der Waals surface area contributed by atoms with E-state index in [4.69, 9.17) is 20.8 Å². The number of anilines is 1. The van der Waals surface area contributed by atoms with E-state index in [9.17, 15) is 9.00 Å². The number of furan rings is 1. The number of ether oxygens (including phenoxy) is 1. The third-order valence-corrected chi connectivity index (χ3v) is 6.05. The molecule has 4 rings (SSSR count). The van der Waals surface area contributed by atoms with E-state index in [-0.39, 0.29) is 29.7 Å². The molecule has 4 aromatic rings. The van der Waals surface area contributed by atoms with Gasteiger partial charge in [0, 0.05) is 31.2 Å². The number of pyridine rings is 1. The van der Waals surface area contributed by atoms with Gasteiger partial charge < -0.3 is 9.15 Å². The molecular weight excluding hydrogens is 436 g/mol. The molecule has 6 nitrogen and oxygen atoms in total. The number of halogens is 1. The minimum Gasteiger partial charge on any atom is -0.445 e. The van der Waals surface area contributed by atoms with Gasteiger partial charge in [-0.1, -0.05) is 60.1 Å². The van der Waals surface area contributed by atoms with Gasteiger partial charge in [-0.2, -0.15) is 0 Å². The summed E-state index contributed by atoms with van der Waals surface area (Å²) >= 11 is 6.18. The predicted molar refractivity (Wildman–Crippen MR) is 121 cm³/mol. The van der Waals surface area contributed by atoms with Crippen LogP contribution in [0.4, 0.5) is 5.69 Å². The number of rotatable bonds is 8. The summed E-state index contributed by atoms with van der Waals surface area (Å²) in [6.45, 7) is -0.0582. The summed E-state index contributed by atoms with van der Waals surface area (Å²) in [5.74, 6) is -0.222. The van der Waals surface area contributed by atoms with Crippen LogP contribution >= 0.6 is 11.6 Å². The molecule has 0 saturated carbocycles. The van der Waals surface area contributed by atoms with Gasteiger partial charge in [-0.3, -0.25) is 9.10 Å². The monoisotopic (exact) mass is 454 g/mol. The minimum atomic E-state index is -1.80. The molecule has 0 fully saturated rings. The van der Waals surface area contributed by atoms with Crippen LogP contribution < -0.4 is 4.31 Å². The average molecular weight is 455 g/mol. The molecule has 0 aliphatic rings. The fraction of sp³-hybridized carbons (Fsp3) is 0.130. The molecule has 0 saturated heterocycles. The molecule has 0 radical (unpaired) electrons. The van der Waals surface area contributed by atoms with Crippen molar-refractivity contribution in [3.05, 3.63) is 89.2 Å². The van der Waals surface area contributed by atoms with Crippen molar-refractivity contribution in [2.45, 2.75) is 11.5 Å². The Morgan fingerprint density at radius 3 is 2.61 bits per heavy atom. The Balaban J connectivity index is 1.72. The van der Waals surface area contributed by atoms with Gasteiger partial charge in [0.1, 0.15) is 18.0 Å². The number of Topliss-reactive ketones (excluding diaryl/α,β-unsaturated/α-hetero) is 1. The fourth-order valence-corrected chi connectivity index (χ4v) is 4.45. The number of hydrogen-bond acceptors (Lipinski definition) is 5. The number of fused-ring (bicyclic) bond motifs is 1. The summed E-state index contributed by atoms with van der Waals surface area (Å²) in [5.41, 5.74) is 1.95. The van der Waals surface area contributed by atoms with Crippen molar-refractivity contribution in [2.75, 3.05) is 18.1 Å². The second-order valence-electron chi connectivity index (χ2n) is 6.76. The number of aromatic nitrogens is 1. The Bertz CT molecular complexity index is 1210. The van der Waals surface area contributed by atoms with Crippen LogP contribution in [-0.2, 0) is 22.1 Å². The van der Waals surface area contributed by atoms with Crippen LogP contribution in [0, 0.1) is 0 Å². The van der Waals surface area contributed by atoms with Crippen molar-refractivity contribution in [1.82, 2.24) is 4.98 Å². The van der Waals surface area contributed by atoms with Crippen molar-refractivity contribution in [1.29, 1.82) is 0 Å². The molecule has 2 aromatic carbocycles. The van der Waals surface area contributed by atoms with Crippen LogP contribution in [0.15, 0.2) is 82.4 Å². The molecule has 0 aliphatic carbocycles. The summed E-state index contributed by atoms with van der Waals surface area (Å²) in [5, 5.41) is 1.38. The first-order valence-corrected chi connectivity index (χ1v) is 10.9. The van der Waals surface area contributed by atoms with Gasteiger partial charge in [-0.15, -0.1) is 0 Å². The summed E-state index contributed by atoms with van der Waals surface area (Å²) in [7, 11) is -0.317. The van der Waals surface area contributed by atoms with Crippen LogP contribution in [0.3, 0.4) is 0 Å². The highest BCUT2D eigenvalue weighted by molar-refractivity contribution is 7.86. The molecule has 1 unspecified atom stereocenters. The lowest BCUT2D eigenvalue weighted by Crippen LogP contribution is -2.30. The number of nitrogens with zero attached hydrogens (tertiary/aromatic N) is 2. The fourth-order valence-electron chi connectivity index (χ4n) is 3.17. The largest absolute Gasteiger partial charge is 0.445 e. The standard InChI is InChI=1S/C23H19ClN2O4S/c1-29-15-26(31(28)22-12-17-9-5-6-10-21(17)30-22)19-13-18(24)14-25-23(19)20(27)11-16-7-3-2-4-8-16/h2-10,12-14H,11,15H2,1H3. The van der Waals surface area contributed by atoms with E-state index in [1.807, 2.05) is 48.5 Å². The Labute approximate surface area is 187 Å². The lowest BCUT2D eigenvalue weighted by Gasteiger charge is -2.23. The maximum atomic E-state index is 13.4. The van der Waals surface area contributed by atoms with E-state index in [1.54, 1.807) is 18.2 Å². The third-order valence-electron chi connectivity index (χ3n) is 4.60. The number of ketones is 1. The lowest BCUT2D eigenvalue weighted by atomic mass is 10.1. The number of para-hydroxylation sites is 1. The maximum absolute atomic E-state index is 13.4. The second-order valence-corrected chi connectivity index (χ2v) is 8.53. The quantitative estimate of drug-likeness (QED) is 0.275. The molecule has 0 spiro atoms. The first-order chi connectivity index (χ1) is 15.1. The zero-order valence-electron chi connectivity index (χ0n) is 16.7. The smallest absolute Gasteiger partial charge is 0.212 e. The number of carbonyl (C=O) groups is 1. The first-order valence-electron chi connectivity index (χ1n) is 9.46. The average Bonchev–Trinajstić information content (AvgIpc) is 3.22. The molecule has 31 heavy (non-hydrogen) atoms. The number of methoxy groups -OCH3 is 1. The molecule has 1 atom stereocenters. The zero-order valence-corrected chi connectivity index (χ0v) is 18.2. The van der Waals surface area contributed by atoms with Crippen molar-refractivity contribution < 1.29 is 18.2 Å². The third kappa shape index (κ3) is 4.69. The molecule has 2 heterocycles. The maximum Gasteiger partial charge on any atom is 0.212 e. The van der Waals surface area contributed by atoms with Crippen molar-refractivity contribution >= 4 is 45.0 Å². The van der Waals surface area contributed by atoms with Gasteiger partial charge in [-0.25, -0.2) is 9.19 Å². The zero-order chi connectivity index (χ0) is 21.8. The second kappa shape index (κ2) is 9.43. The molecule has 0 N–H and O–H groups in total. The van der Waals surface area contributed by atoms with Crippen molar-refractivity contribution in [3.8, 4) is 0 Å². The van der Waals surface area contributed by atoms with E-state index in [0.29, 0.717) is 16.3 Å². The Morgan fingerprint density at radius 1 is 1.13 bits per heavy atom. The van der Waals surface area contributed by atoms with Gasteiger partial charge in [-0.05, 0) is 17.7 Å². The molecule has 0 aliphatic heterocycles. The van der Waals surface area contributed by atoms with Crippen LogP contribution in [0.5, 0.6) is 0 Å². The number of hydrogen-bond donors (Lipinski definition) is 0. The summed E-state index contributed by atoms with van der Waals surface area (Å²) < 4.78 is 25.9. The van der Waals surface area contributed by atoms with E-state index in [1.165, 1.54) is 17.6 Å². The molecule has 8 heteroatoms. The highest BCUT2D eigenvalue weighted by atomic mass is 35.5. The van der Waals surface area contributed by atoms with Crippen LogP contribution in [0.1, 0.15) is 16.1 Å². The highest BCUT2D eigenvalue weighted by Crippen LogP contribution is 2.30. The number of benzene rings is 2. The molecule has 158 valence electrons. The minimum absolute atomic E-state index is 0.0582. The molecular formula is C23H19ClN2O4S. The topological polar surface area (TPSA) is 72.6 Å². The lowest BCUT2D eigenvalue weighted by molar-refractivity contribution is 0.0988. The normalized spacial score (nSPS) is 12.1. The predicted octanol–water partition coefficient (Wildman–Crippen LogP) is 5.04. The van der Waals surface area contributed by atoms with Crippen LogP contribution in [0.2, 0.25) is 5.02 Å². The summed E-state index contributed by atoms with van der Waals surface area (Å²) in [6.07, 6.45) is 1.55. The SMILES string of the molecule is COCN(c1cc(Cl)cnc1C(=O)Cc1ccccc1)S(=O)c1cc2ccccc2o1. The van der Waals surface area contributed by atoms with Gasteiger partial charge in [0.2, 0.25) is 5.09 Å². The first kappa shape index (κ1) is 21.2. The van der Waals surface area contributed by atoms with E-state index in [0.717, 1.165) is 10.9 Å². The summed E-state index contributed by atoms with van der Waals surface area (Å²) in [6, 6.07) is 20.0. The van der Waals surface area contributed by atoms with Crippen LogP contribution in [-0.4, -0.2) is 28.8 Å². The number of carbonyl (C=O) groups excluding carboxylic acids is 1. The van der Waals surface area contributed by atoms with E-state index < -0.39 is 11.0 Å². The van der Waals surface area contributed by atoms with Crippen molar-refractivity contribution in [3.63, 3.8) is 0 Å². The molecule has 0 bridgehead atoms. The van der Waals surface area contributed by atoms with Gasteiger partial charge in [0.25, 0.3) is 0 Å². The van der Waals surface area contributed by atoms with Crippen molar-refractivity contribution in [2.24, 2.45) is 0 Å². The highest BCUT2D eigenvalue weighted by Gasteiger charge is 2.26. The van der Waals surface area contributed by atoms with E-state index in [2.05, 4.69) is 4.98 Å². The van der Waals surface area contributed by atoms with Gasteiger partial charge in [0.15, 0.2) is 16.8 Å². The Morgan fingerprint density at radius 2 is 1.87 bits per heavy atom. The Kier molecular flexibility index (Phi) is 6.46. The molecule has 2 aromatic heterocycles. The Hall–Kier alpha value is -3.00. The van der Waals surface area contributed by atoms with Crippen LogP contribution in [0.25, 0.3) is 11.0 Å². The molecule has 0 amide bonds.